The van der Waals surface area contributed by atoms with Crippen molar-refractivity contribution in [2.75, 3.05) is 11.9 Å². The van der Waals surface area contributed by atoms with Gasteiger partial charge in [0.1, 0.15) is 5.56 Å². The van der Waals surface area contributed by atoms with Crippen molar-refractivity contribution in [3.63, 3.8) is 0 Å². The Morgan fingerprint density at radius 3 is 2.52 bits per heavy atom. The van der Waals surface area contributed by atoms with Crippen LogP contribution < -0.4 is 5.32 Å². The van der Waals surface area contributed by atoms with E-state index in [2.05, 4.69) is 50.0 Å². The first-order valence-corrected chi connectivity index (χ1v) is 8.86. The fourth-order valence-corrected chi connectivity index (χ4v) is 3.09. The molecule has 0 aliphatic carbocycles. The lowest BCUT2D eigenvalue weighted by Crippen LogP contribution is -2.11. The first kappa shape index (κ1) is 17.3. The highest BCUT2D eigenvalue weighted by Gasteiger charge is 2.17. The molecule has 0 aliphatic heterocycles. The van der Waals surface area contributed by atoms with Gasteiger partial charge in [0.25, 0.3) is 0 Å². The molecule has 2 aromatic carbocycles. The van der Waals surface area contributed by atoms with Crippen LogP contribution in [0, 0.1) is 3.57 Å². The SMILES string of the molecule is O=C(O)c1cnc(NCCc2ccccc2)nc1-c1ccccc1I. The number of carbonyl (C=O) groups is 1. The fraction of sp³-hybridized carbons (Fsp3) is 0.105. The van der Waals surface area contributed by atoms with Crippen molar-refractivity contribution in [3.8, 4) is 11.3 Å². The molecule has 0 fully saturated rings. The van der Waals surface area contributed by atoms with Gasteiger partial charge in [-0.25, -0.2) is 14.8 Å². The second-order valence-electron chi connectivity index (χ2n) is 5.40. The van der Waals surface area contributed by atoms with E-state index in [0.29, 0.717) is 18.2 Å². The number of carboxylic acid groups (broad SMARTS) is 1. The summed E-state index contributed by atoms with van der Waals surface area (Å²) < 4.78 is 0.941. The Hall–Kier alpha value is -2.48. The molecule has 0 bridgehead atoms. The lowest BCUT2D eigenvalue weighted by atomic mass is 10.1. The van der Waals surface area contributed by atoms with Gasteiger partial charge in [-0.05, 0) is 40.6 Å². The minimum atomic E-state index is -1.04. The van der Waals surface area contributed by atoms with Gasteiger partial charge in [-0.15, -0.1) is 0 Å². The Labute approximate surface area is 159 Å². The largest absolute Gasteiger partial charge is 0.478 e. The molecule has 25 heavy (non-hydrogen) atoms. The lowest BCUT2D eigenvalue weighted by Gasteiger charge is -2.10. The summed E-state index contributed by atoms with van der Waals surface area (Å²) in [5.41, 5.74) is 2.52. The fourth-order valence-electron chi connectivity index (χ4n) is 2.45. The maximum absolute atomic E-state index is 11.5. The van der Waals surface area contributed by atoms with Crippen LogP contribution >= 0.6 is 22.6 Å². The minimum Gasteiger partial charge on any atom is -0.478 e. The number of nitrogens with one attached hydrogen (secondary N) is 1. The van der Waals surface area contributed by atoms with E-state index < -0.39 is 5.97 Å². The molecule has 6 heteroatoms. The van der Waals surface area contributed by atoms with Crippen LogP contribution in [0.4, 0.5) is 5.95 Å². The van der Waals surface area contributed by atoms with Crippen molar-refractivity contribution >= 4 is 34.5 Å². The number of halogens is 1. The third-order valence-corrected chi connectivity index (χ3v) is 4.63. The van der Waals surface area contributed by atoms with Crippen LogP contribution in [0.2, 0.25) is 0 Å². The zero-order valence-corrected chi connectivity index (χ0v) is 15.5. The average molecular weight is 445 g/mol. The predicted octanol–water partition coefficient (Wildman–Crippen LogP) is 4.10. The van der Waals surface area contributed by atoms with Crippen LogP contribution in [0.15, 0.2) is 60.8 Å². The van der Waals surface area contributed by atoms with Crippen molar-refractivity contribution in [1.29, 1.82) is 0 Å². The van der Waals surface area contributed by atoms with Gasteiger partial charge in [0, 0.05) is 21.9 Å². The Bertz CT molecular complexity index is 885. The summed E-state index contributed by atoms with van der Waals surface area (Å²) in [7, 11) is 0. The van der Waals surface area contributed by atoms with E-state index in [1.165, 1.54) is 11.8 Å². The maximum Gasteiger partial charge on any atom is 0.339 e. The van der Waals surface area contributed by atoms with E-state index in [1.54, 1.807) is 0 Å². The van der Waals surface area contributed by atoms with Crippen LogP contribution in [0.5, 0.6) is 0 Å². The van der Waals surface area contributed by atoms with Gasteiger partial charge < -0.3 is 10.4 Å². The van der Waals surface area contributed by atoms with Crippen molar-refractivity contribution < 1.29 is 9.90 Å². The number of rotatable bonds is 6. The number of aromatic nitrogens is 2. The number of aromatic carboxylic acids is 1. The predicted molar refractivity (Wildman–Crippen MR) is 106 cm³/mol. The summed E-state index contributed by atoms with van der Waals surface area (Å²) in [6.07, 6.45) is 2.20. The smallest absolute Gasteiger partial charge is 0.339 e. The second-order valence-corrected chi connectivity index (χ2v) is 6.57. The number of hydrogen-bond donors (Lipinski definition) is 2. The molecule has 2 N–H and O–H groups in total. The van der Waals surface area contributed by atoms with Crippen LogP contribution in [-0.4, -0.2) is 27.6 Å². The van der Waals surface area contributed by atoms with Gasteiger partial charge in [0.15, 0.2) is 0 Å². The Kier molecular flexibility index (Phi) is 5.60. The highest BCUT2D eigenvalue weighted by atomic mass is 127. The van der Waals surface area contributed by atoms with Crippen LogP contribution in [0.25, 0.3) is 11.3 Å². The van der Waals surface area contributed by atoms with E-state index in [0.717, 1.165) is 15.6 Å². The third kappa shape index (κ3) is 4.33. The zero-order valence-electron chi connectivity index (χ0n) is 13.3. The Morgan fingerprint density at radius 1 is 1.08 bits per heavy atom. The van der Waals surface area contributed by atoms with Crippen LogP contribution in [0.3, 0.4) is 0 Å². The topological polar surface area (TPSA) is 75.1 Å². The maximum atomic E-state index is 11.5. The Balaban J connectivity index is 1.83. The number of benzene rings is 2. The van der Waals surface area contributed by atoms with Gasteiger partial charge >= 0.3 is 5.97 Å². The first-order valence-electron chi connectivity index (χ1n) is 7.78. The standard InChI is InChI=1S/C19H16IN3O2/c20-16-9-5-4-8-14(16)17-15(18(24)25)12-22-19(23-17)21-11-10-13-6-2-1-3-7-13/h1-9,12H,10-11H2,(H,24,25)(H,21,22,23). The average Bonchev–Trinajstić information content (AvgIpc) is 2.63. The molecule has 0 atom stereocenters. The summed E-state index contributed by atoms with van der Waals surface area (Å²) in [6, 6.07) is 17.7. The van der Waals surface area contributed by atoms with E-state index in [9.17, 15) is 9.90 Å². The molecule has 126 valence electrons. The normalized spacial score (nSPS) is 10.4. The van der Waals surface area contributed by atoms with E-state index in [-0.39, 0.29) is 5.56 Å². The molecule has 0 saturated heterocycles. The molecule has 1 aromatic heterocycles. The van der Waals surface area contributed by atoms with E-state index in [1.807, 2.05) is 42.5 Å². The van der Waals surface area contributed by atoms with Gasteiger partial charge in [-0.2, -0.15) is 0 Å². The molecule has 0 aliphatic rings. The Morgan fingerprint density at radius 2 is 1.80 bits per heavy atom. The summed E-state index contributed by atoms with van der Waals surface area (Å²) in [6.45, 7) is 0.668. The molecule has 0 spiro atoms. The summed E-state index contributed by atoms with van der Waals surface area (Å²) in [5.74, 6) is -0.610. The summed E-state index contributed by atoms with van der Waals surface area (Å²) >= 11 is 2.18. The second kappa shape index (κ2) is 8.06. The molecule has 0 saturated carbocycles. The lowest BCUT2D eigenvalue weighted by molar-refractivity contribution is 0.0697. The highest BCUT2D eigenvalue weighted by Crippen LogP contribution is 2.27. The highest BCUT2D eigenvalue weighted by molar-refractivity contribution is 14.1. The zero-order chi connectivity index (χ0) is 17.6. The van der Waals surface area contributed by atoms with Crippen molar-refractivity contribution in [2.45, 2.75) is 6.42 Å². The molecular weight excluding hydrogens is 429 g/mol. The molecule has 0 radical (unpaired) electrons. The monoisotopic (exact) mass is 445 g/mol. The molecule has 1 heterocycles. The van der Waals surface area contributed by atoms with Gasteiger partial charge in [-0.3, -0.25) is 0 Å². The first-order chi connectivity index (χ1) is 12.1. The van der Waals surface area contributed by atoms with Crippen molar-refractivity contribution in [3.05, 3.63) is 75.5 Å². The van der Waals surface area contributed by atoms with Crippen LogP contribution in [0.1, 0.15) is 15.9 Å². The number of nitrogens with zero attached hydrogens (tertiary/aromatic N) is 2. The molecule has 5 nitrogen and oxygen atoms in total. The van der Waals surface area contributed by atoms with E-state index >= 15 is 0 Å². The summed E-state index contributed by atoms with van der Waals surface area (Å²) in [5, 5.41) is 12.6. The van der Waals surface area contributed by atoms with Crippen LogP contribution in [-0.2, 0) is 6.42 Å². The minimum absolute atomic E-state index is 0.0951. The number of anilines is 1. The molecular formula is C19H16IN3O2. The molecule has 0 unspecified atom stereocenters. The molecule has 3 aromatic rings. The van der Waals surface area contributed by atoms with Gasteiger partial charge in [0.2, 0.25) is 5.95 Å². The van der Waals surface area contributed by atoms with Crippen molar-refractivity contribution in [1.82, 2.24) is 9.97 Å². The van der Waals surface area contributed by atoms with Gasteiger partial charge in [0.05, 0.1) is 5.69 Å². The number of hydrogen-bond acceptors (Lipinski definition) is 4. The van der Waals surface area contributed by atoms with Gasteiger partial charge in [-0.1, -0.05) is 48.5 Å². The third-order valence-electron chi connectivity index (χ3n) is 3.69. The molecule has 3 rings (SSSR count). The van der Waals surface area contributed by atoms with Crippen molar-refractivity contribution in [2.24, 2.45) is 0 Å². The quantitative estimate of drug-likeness (QED) is 0.559. The molecule has 0 amide bonds. The van der Waals surface area contributed by atoms with E-state index in [4.69, 9.17) is 0 Å². The summed E-state index contributed by atoms with van der Waals surface area (Å²) in [4.78, 5) is 20.1. The number of carboxylic acids is 1.